The van der Waals surface area contributed by atoms with E-state index in [2.05, 4.69) is 34.3 Å². The fourth-order valence-corrected chi connectivity index (χ4v) is 6.96. The number of alkyl halides is 4. The van der Waals surface area contributed by atoms with Gasteiger partial charge in [0.15, 0.2) is 23.0 Å². The van der Waals surface area contributed by atoms with Gasteiger partial charge in [-0.05, 0) is 109 Å². The van der Waals surface area contributed by atoms with Gasteiger partial charge in [0.05, 0.1) is 55.3 Å². The van der Waals surface area contributed by atoms with Crippen LogP contribution in [-0.2, 0) is 22.6 Å². The molecule has 0 bridgehead atoms. The molecule has 0 aliphatic heterocycles. The van der Waals surface area contributed by atoms with Gasteiger partial charge in [0, 0.05) is 64.4 Å². The number of ether oxygens (including phenoxy) is 6. The number of pyridine rings is 1. The Morgan fingerprint density at radius 1 is 0.647 bits per heavy atom. The first-order valence-corrected chi connectivity index (χ1v) is 22.2. The predicted octanol–water partition coefficient (Wildman–Crippen LogP) is 11.6. The lowest BCUT2D eigenvalue weighted by Gasteiger charge is -2.27. The molecule has 0 unspecified atom stereocenters. The van der Waals surface area contributed by atoms with E-state index < -0.39 is 47.9 Å². The van der Waals surface area contributed by atoms with Gasteiger partial charge >= 0.3 is 25.2 Å². The number of halogens is 4. The number of benzene rings is 3. The monoisotopic (exact) mass is 960 g/mol. The van der Waals surface area contributed by atoms with Crippen LogP contribution in [0.5, 0.6) is 23.0 Å². The van der Waals surface area contributed by atoms with Crippen LogP contribution in [0.2, 0.25) is 0 Å². The van der Waals surface area contributed by atoms with Crippen molar-refractivity contribution in [3.8, 4) is 23.0 Å². The lowest BCUT2D eigenvalue weighted by atomic mass is 10.1. The molecule has 14 nitrogen and oxygen atoms in total. The van der Waals surface area contributed by atoms with Crippen LogP contribution in [0, 0.1) is 5.92 Å². The highest BCUT2D eigenvalue weighted by molar-refractivity contribution is 7.09. The SMILES string of the molecule is CC(C)(C)OC(=O)c1cccc(N(Cc2cncnc2)c2ccc(OC(F)F)c(OC(F)F)c2)c1.COc1ccc(N(Cc2cncs2)c2cncc(C(=O)OC(C)(C)C)c2)cc1OCC1CC1. The third kappa shape index (κ3) is 15.3. The summed E-state index contributed by atoms with van der Waals surface area (Å²) in [6.45, 7) is 5.67. The molecule has 3 aromatic carbocycles. The number of hydrogen-bond acceptors (Lipinski definition) is 15. The predicted molar refractivity (Wildman–Crippen MR) is 248 cm³/mol. The number of hydrogen-bond donors (Lipinski definition) is 0. The maximum Gasteiger partial charge on any atom is 0.387 e. The van der Waals surface area contributed by atoms with E-state index >= 15 is 0 Å². The van der Waals surface area contributed by atoms with E-state index in [0.29, 0.717) is 53.1 Å². The highest BCUT2D eigenvalue weighted by Gasteiger charge is 2.25. The second-order valence-electron chi connectivity index (χ2n) is 17.4. The number of carbonyl (C=O) groups excluding carboxylic acids is 2. The molecule has 0 saturated heterocycles. The molecule has 19 heteroatoms. The molecule has 0 spiro atoms. The average molecular weight is 961 g/mol. The Balaban J connectivity index is 0.000000224. The van der Waals surface area contributed by atoms with Crippen LogP contribution in [-0.4, -0.2) is 70.0 Å². The Bertz CT molecular complexity index is 2590. The quantitative estimate of drug-likeness (QED) is 0.0594. The number of methoxy groups -OCH3 is 1. The molecule has 68 heavy (non-hydrogen) atoms. The minimum atomic E-state index is -3.27. The number of carbonyl (C=O) groups is 2. The van der Waals surface area contributed by atoms with Crippen molar-refractivity contribution in [1.82, 2.24) is 19.9 Å². The highest BCUT2D eigenvalue weighted by Crippen LogP contribution is 2.40. The maximum absolute atomic E-state index is 13.0. The summed E-state index contributed by atoms with van der Waals surface area (Å²) < 4.78 is 82.7. The summed E-state index contributed by atoms with van der Waals surface area (Å²) in [5.74, 6) is -0.0564. The molecule has 0 radical (unpaired) electrons. The summed E-state index contributed by atoms with van der Waals surface area (Å²) in [6, 6.07) is 17.8. The molecule has 1 saturated carbocycles. The average Bonchev–Trinajstić information content (AvgIpc) is 3.98. The van der Waals surface area contributed by atoms with Crippen molar-refractivity contribution in [3.05, 3.63) is 131 Å². The van der Waals surface area contributed by atoms with Gasteiger partial charge in [-0.15, -0.1) is 11.3 Å². The fourth-order valence-electron chi connectivity index (χ4n) is 6.38. The molecule has 0 amide bonds. The van der Waals surface area contributed by atoms with Crippen LogP contribution < -0.4 is 28.7 Å². The topological polar surface area (TPSA) is 148 Å². The number of aromatic nitrogens is 4. The van der Waals surface area contributed by atoms with Crippen LogP contribution in [0.3, 0.4) is 0 Å². The Hall–Kier alpha value is -7.02. The van der Waals surface area contributed by atoms with Crippen molar-refractivity contribution in [2.24, 2.45) is 5.92 Å². The van der Waals surface area contributed by atoms with Gasteiger partial charge in [0.2, 0.25) is 0 Å². The first kappa shape index (κ1) is 50.4. The normalized spacial score (nSPS) is 12.4. The fraction of sp³-hybridized carbons (Fsp3) is 0.347. The summed E-state index contributed by atoms with van der Waals surface area (Å²) in [6.07, 6.45) is 12.0. The lowest BCUT2D eigenvalue weighted by molar-refractivity contribution is -0.0692. The van der Waals surface area contributed by atoms with Gasteiger partial charge in [0.1, 0.15) is 17.5 Å². The summed E-state index contributed by atoms with van der Waals surface area (Å²) >= 11 is 1.57. The number of anilines is 4. The van der Waals surface area contributed by atoms with Crippen molar-refractivity contribution in [3.63, 3.8) is 0 Å². The number of esters is 2. The van der Waals surface area contributed by atoms with Crippen molar-refractivity contribution >= 4 is 46.0 Å². The molecular formula is C49H52F4N6O8S. The largest absolute Gasteiger partial charge is 0.493 e. The third-order valence-corrected chi connectivity index (χ3v) is 10.3. The van der Waals surface area contributed by atoms with Crippen molar-refractivity contribution < 1.29 is 55.6 Å². The molecule has 0 atom stereocenters. The molecule has 1 fully saturated rings. The Morgan fingerprint density at radius 2 is 1.24 bits per heavy atom. The zero-order valence-electron chi connectivity index (χ0n) is 38.5. The number of nitrogens with zero attached hydrogens (tertiary/aromatic N) is 6. The van der Waals surface area contributed by atoms with E-state index in [9.17, 15) is 27.2 Å². The van der Waals surface area contributed by atoms with Crippen LogP contribution >= 0.6 is 11.3 Å². The molecule has 7 rings (SSSR count). The first-order chi connectivity index (χ1) is 32.3. The van der Waals surface area contributed by atoms with E-state index in [0.717, 1.165) is 28.4 Å². The van der Waals surface area contributed by atoms with Gasteiger partial charge < -0.3 is 38.2 Å². The molecule has 360 valence electrons. The second kappa shape index (κ2) is 22.6. The van der Waals surface area contributed by atoms with Gasteiger partial charge in [-0.2, -0.15) is 17.6 Å². The smallest absolute Gasteiger partial charge is 0.387 e. The van der Waals surface area contributed by atoms with E-state index in [1.165, 1.54) is 31.4 Å². The molecule has 0 N–H and O–H groups in total. The summed E-state index contributed by atoms with van der Waals surface area (Å²) in [4.78, 5) is 46.5. The first-order valence-electron chi connectivity index (χ1n) is 21.4. The van der Waals surface area contributed by atoms with E-state index in [1.54, 1.807) is 98.6 Å². The second-order valence-corrected chi connectivity index (χ2v) is 18.3. The molecular weight excluding hydrogens is 909 g/mol. The van der Waals surface area contributed by atoms with Crippen LogP contribution in [0.25, 0.3) is 0 Å². The maximum atomic E-state index is 13.0. The van der Waals surface area contributed by atoms with E-state index in [4.69, 9.17) is 18.9 Å². The zero-order valence-corrected chi connectivity index (χ0v) is 39.3. The Morgan fingerprint density at radius 3 is 1.84 bits per heavy atom. The van der Waals surface area contributed by atoms with Crippen LogP contribution in [0.4, 0.5) is 40.3 Å². The van der Waals surface area contributed by atoms with Gasteiger partial charge in [-0.3, -0.25) is 9.97 Å². The third-order valence-electron chi connectivity index (χ3n) is 9.52. The van der Waals surface area contributed by atoms with Crippen molar-refractivity contribution in [1.29, 1.82) is 0 Å². The lowest BCUT2D eigenvalue weighted by Crippen LogP contribution is -2.24. The summed E-state index contributed by atoms with van der Waals surface area (Å²) in [7, 11) is 1.64. The number of thiazole rings is 1. The zero-order chi connectivity index (χ0) is 49.0. The van der Waals surface area contributed by atoms with Gasteiger partial charge in [-0.25, -0.2) is 19.6 Å². The Kier molecular flexibility index (Phi) is 16.8. The Labute approximate surface area is 395 Å². The molecule has 3 aromatic heterocycles. The molecule has 1 aliphatic rings. The minimum absolute atomic E-state index is 0.155. The van der Waals surface area contributed by atoms with Crippen molar-refractivity contribution in [2.45, 2.75) is 91.9 Å². The standard InChI is InChI=1S/C25H29N3O4S.C24H23F4N3O4/c1-25(2,3)32-24(29)18-9-20(12-26-11-18)28(14-21-13-27-16-33-21)19-7-8-22(30-4)23(10-19)31-15-17-5-6-17;1-24(2,3)35-21(32)16-5-4-6-17(9-16)31(13-15-11-29-14-30-12-15)18-7-8-19(33-22(25)26)20(10-18)34-23(27)28/h7-13,16-17H,5-6,14-15H2,1-4H3;4-12,14,22-23H,13H2,1-3H3. The van der Waals surface area contributed by atoms with Gasteiger partial charge in [0.25, 0.3) is 0 Å². The number of rotatable bonds is 18. The highest BCUT2D eigenvalue weighted by atomic mass is 32.1. The van der Waals surface area contributed by atoms with Crippen LogP contribution in [0.1, 0.15) is 85.5 Å². The van der Waals surface area contributed by atoms with Crippen molar-refractivity contribution in [2.75, 3.05) is 23.5 Å². The molecule has 1 aliphatic carbocycles. The van der Waals surface area contributed by atoms with Gasteiger partial charge in [-0.1, -0.05) is 6.07 Å². The van der Waals surface area contributed by atoms with Crippen LogP contribution in [0.15, 0.2) is 110 Å². The molecule has 6 aromatic rings. The summed E-state index contributed by atoms with van der Waals surface area (Å²) in [5, 5.41) is 0. The summed E-state index contributed by atoms with van der Waals surface area (Å²) in [5.41, 5.74) is 4.28. The van der Waals surface area contributed by atoms with E-state index in [1.807, 2.05) is 45.2 Å². The molecule has 3 heterocycles. The minimum Gasteiger partial charge on any atom is -0.493 e. The van der Waals surface area contributed by atoms with E-state index in [-0.39, 0.29) is 12.1 Å².